The van der Waals surface area contributed by atoms with Gasteiger partial charge in [0.25, 0.3) is 0 Å². The highest BCUT2D eigenvalue weighted by Crippen LogP contribution is 2.55. The SMILES string of the molecule is NC(=O)C1C2CC3C1Cc1nc(ncc1F)Nc1cccc(c1)CCS(=O)(=O)C3C2. The maximum Gasteiger partial charge on any atom is 0.227 e. The number of primary amides is 1. The lowest BCUT2D eigenvalue weighted by Crippen LogP contribution is -2.43. The van der Waals surface area contributed by atoms with Crippen molar-refractivity contribution in [3.63, 3.8) is 0 Å². The molecule has 5 atom stereocenters. The van der Waals surface area contributed by atoms with E-state index in [2.05, 4.69) is 15.3 Å². The monoisotopic (exact) mass is 430 g/mol. The largest absolute Gasteiger partial charge is 0.369 e. The summed E-state index contributed by atoms with van der Waals surface area (Å²) in [5.41, 5.74) is 7.45. The molecule has 9 heteroatoms. The molecule has 2 saturated carbocycles. The topological polar surface area (TPSA) is 115 Å². The van der Waals surface area contributed by atoms with Crippen molar-refractivity contribution in [2.75, 3.05) is 11.1 Å². The fraction of sp³-hybridized carbons (Fsp3) is 0.476. The van der Waals surface area contributed by atoms with Crippen molar-refractivity contribution in [2.24, 2.45) is 29.4 Å². The van der Waals surface area contributed by atoms with E-state index in [-0.39, 0.29) is 41.6 Å². The Morgan fingerprint density at radius 2 is 2.07 bits per heavy atom. The minimum Gasteiger partial charge on any atom is -0.369 e. The molecule has 2 heterocycles. The maximum absolute atomic E-state index is 14.6. The molecule has 7 nitrogen and oxygen atoms in total. The van der Waals surface area contributed by atoms with Gasteiger partial charge >= 0.3 is 0 Å². The second-order valence-corrected chi connectivity index (χ2v) is 11.0. The average molecular weight is 431 g/mol. The number of hydrogen-bond donors (Lipinski definition) is 2. The van der Waals surface area contributed by atoms with Crippen molar-refractivity contribution in [3.05, 3.63) is 47.5 Å². The highest BCUT2D eigenvalue weighted by Gasteiger charge is 2.57. The molecule has 6 bridgehead atoms. The van der Waals surface area contributed by atoms with Gasteiger partial charge in [-0.05, 0) is 61.1 Å². The van der Waals surface area contributed by atoms with E-state index >= 15 is 0 Å². The van der Waals surface area contributed by atoms with E-state index in [0.717, 1.165) is 11.8 Å². The number of hydrogen-bond acceptors (Lipinski definition) is 6. The normalized spacial score (nSPS) is 31.6. The Balaban J connectivity index is 1.61. The third-order valence-electron chi connectivity index (χ3n) is 7.00. The zero-order valence-electron chi connectivity index (χ0n) is 16.3. The van der Waals surface area contributed by atoms with Gasteiger partial charge in [-0.25, -0.2) is 22.8 Å². The van der Waals surface area contributed by atoms with Gasteiger partial charge < -0.3 is 11.1 Å². The highest BCUT2D eigenvalue weighted by atomic mass is 32.2. The Kier molecular flexibility index (Phi) is 4.53. The molecule has 3 aliphatic rings. The lowest BCUT2D eigenvalue weighted by Gasteiger charge is -2.34. The molecule has 158 valence electrons. The first kappa shape index (κ1) is 19.4. The number of nitrogens with zero attached hydrogens (tertiary/aromatic N) is 2. The summed E-state index contributed by atoms with van der Waals surface area (Å²) in [5.74, 6) is -1.75. The number of nitrogens with two attached hydrogens (primary N) is 1. The van der Waals surface area contributed by atoms with Crippen LogP contribution in [0.15, 0.2) is 30.5 Å². The number of fused-ring (bicyclic) bond motifs is 5. The molecule has 5 unspecified atom stereocenters. The minimum atomic E-state index is -3.37. The summed E-state index contributed by atoms with van der Waals surface area (Å²) in [4.78, 5) is 20.6. The number of anilines is 2. The van der Waals surface area contributed by atoms with Gasteiger partial charge in [0.05, 0.1) is 22.9 Å². The maximum atomic E-state index is 14.6. The predicted octanol–water partition coefficient (Wildman–Crippen LogP) is 2.00. The fourth-order valence-corrected chi connectivity index (χ4v) is 7.95. The number of aryl methyl sites for hydroxylation is 1. The van der Waals surface area contributed by atoms with Gasteiger partial charge in [-0.1, -0.05) is 12.1 Å². The highest BCUT2D eigenvalue weighted by molar-refractivity contribution is 7.92. The summed E-state index contributed by atoms with van der Waals surface area (Å²) in [6, 6.07) is 7.41. The van der Waals surface area contributed by atoms with Crippen LogP contribution in [0.4, 0.5) is 16.0 Å². The second kappa shape index (κ2) is 7.01. The fourth-order valence-electron chi connectivity index (χ4n) is 5.74. The number of aromatic nitrogens is 2. The van der Waals surface area contributed by atoms with Crippen LogP contribution in [0.1, 0.15) is 24.1 Å². The van der Waals surface area contributed by atoms with Crippen molar-refractivity contribution in [2.45, 2.75) is 30.9 Å². The Hall–Kier alpha value is -2.55. The van der Waals surface area contributed by atoms with Crippen LogP contribution in [0.3, 0.4) is 0 Å². The van der Waals surface area contributed by atoms with Crippen molar-refractivity contribution in [3.8, 4) is 0 Å². The van der Waals surface area contributed by atoms with Crippen molar-refractivity contribution in [1.82, 2.24) is 9.97 Å². The number of carbonyl (C=O) groups excluding carboxylic acids is 1. The standard InChI is InChI=1S/C21H23FN4O3S/c22-16-10-24-21-25-13-3-1-2-11(6-13)4-5-30(28,29)18-8-12-7-14(18)15(9-17(16)26-21)19(12)20(23)27/h1-3,6,10,12,14-15,18-19H,4-5,7-9H2,(H2,23,27)(H,24,25,26). The molecule has 5 rings (SSSR count). The van der Waals surface area contributed by atoms with E-state index in [0.29, 0.717) is 24.9 Å². The van der Waals surface area contributed by atoms with Gasteiger partial charge in [-0.3, -0.25) is 4.79 Å². The van der Waals surface area contributed by atoms with Crippen LogP contribution in [-0.4, -0.2) is 35.3 Å². The lowest BCUT2D eigenvalue weighted by atomic mass is 9.76. The van der Waals surface area contributed by atoms with Gasteiger partial charge in [0.1, 0.15) is 0 Å². The first-order valence-electron chi connectivity index (χ1n) is 10.2. The van der Waals surface area contributed by atoms with Gasteiger partial charge in [-0.15, -0.1) is 0 Å². The number of benzene rings is 1. The quantitative estimate of drug-likeness (QED) is 0.715. The third-order valence-corrected chi connectivity index (χ3v) is 9.24. The van der Waals surface area contributed by atoms with E-state index in [4.69, 9.17) is 5.73 Å². The molecule has 0 saturated heterocycles. The van der Waals surface area contributed by atoms with Crippen LogP contribution in [0.2, 0.25) is 0 Å². The average Bonchev–Trinajstić information content (AvgIpc) is 3.28. The Bertz CT molecular complexity index is 1120. The molecule has 0 radical (unpaired) electrons. The minimum absolute atomic E-state index is 0.0501. The van der Waals surface area contributed by atoms with Crippen LogP contribution in [0, 0.1) is 29.5 Å². The number of carbonyl (C=O) groups is 1. The summed E-state index contributed by atoms with van der Waals surface area (Å²) in [6.45, 7) is 0. The predicted molar refractivity (Wildman–Crippen MR) is 109 cm³/mol. The molecule has 30 heavy (non-hydrogen) atoms. The number of sulfone groups is 1. The van der Waals surface area contributed by atoms with E-state index in [1.165, 1.54) is 0 Å². The number of rotatable bonds is 1. The van der Waals surface area contributed by atoms with Gasteiger partial charge in [0.15, 0.2) is 15.7 Å². The smallest absolute Gasteiger partial charge is 0.227 e. The number of nitrogens with one attached hydrogen (secondary N) is 1. The van der Waals surface area contributed by atoms with Crippen molar-refractivity contribution < 1.29 is 17.6 Å². The molecule has 3 N–H and O–H groups in total. The van der Waals surface area contributed by atoms with Gasteiger partial charge in [0.2, 0.25) is 11.9 Å². The Morgan fingerprint density at radius 3 is 2.87 bits per heavy atom. The molecule has 1 aromatic carbocycles. The van der Waals surface area contributed by atoms with Crippen LogP contribution in [0.5, 0.6) is 0 Å². The van der Waals surface area contributed by atoms with E-state index in [9.17, 15) is 17.6 Å². The number of halogens is 1. The summed E-state index contributed by atoms with van der Waals surface area (Å²) < 4.78 is 41.0. The second-order valence-electron chi connectivity index (χ2n) is 8.66. The van der Waals surface area contributed by atoms with Crippen LogP contribution in [0.25, 0.3) is 0 Å². The van der Waals surface area contributed by atoms with Crippen LogP contribution < -0.4 is 11.1 Å². The molecule has 2 fully saturated rings. The summed E-state index contributed by atoms with van der Waals surface area (Å²) in [5, 5.41) is 2.55. The van der Waals surface area contributed by atoms with Gasteiger partial charge in [0, 0.05) is 11.6 Å². The van der Waals surface area contributed by atoms with Crippen molar-refractivity contribution in [1.29, 1.82) is 0 Å². The summed E-state index contributed by atoms with van der Waals surface area (Å²) >= 11 is 0. The van der Waals surface area contributed by atoms with Gasteiger partial charge in [-0.2, -0.15) is 0 Å². The Labute approximate surface area is 174 Å². The van der Waals surface area contributed by atoms with Crippen LogP contribution in [-0.2, 0) is 27.5 Å². The zero-order chi connectivity index (χ0) is 21.0. The lowest BCUT2D eigenvalue weighted by molar-refractivity contribution is -0.125. The Morgan fingerprint density at radius 1 is 1.23 bits per heavy atom. The molecular weight excluding hydrogens is 407 g/mol. The third kappa shape index (κ3) is 3.25. The van der Waals surface area contributed by atoms with E-state index in [1.807, 2.05) is 24.3 Å². The molecular formula is C21H23FN4O3S. The molecule has 0 spiro atoms. The van der Waals surface area contributed by atoms with Crippen molar-refractivity contribution >= 4 is 27.4 Å². The van der Waals surface area contributed by atoms with Crippen LogP contribution >= 0.6 is 0 Å². The zero-order valence-corrected chi connectivity index (χ0v) is 17.1. The molecule has 1 amide bonds. The first-order valence-corrected chi connectivity index (χ1v) is 11.9. The molecule has 1 aromatic heterocycles. The summed E-state index contributed by atoms with van der Waals surface area (Å²) in [6.07, 6.45) is 2.78. The summed E-state index contributed by atoms with van der Waals surface area (Å²) in [7, 11) is -3.37. The van der Waals surface area contributed by atoms with E-state index < -0.39 is 32.7 Å². The molecule has 2 aliphatic carbocycles. The molecule has 2 aromatic rings. The van der Waals surface area contributed by atoms with E-state index in [1.54, 1.807) is 0 Å². The number of amides is 1. The molecule has 1 aliphatic heterocycles. The first-order chi connectivity index (χ1) is 14.3.